The molecule has 2 aliphatic rings. The molecule has 1 aliphatic heterocycles. The van der Waals surface area contributed by atoms with Gasteiger partial charge in [0.25, 0.3) is 0 Å². The summed E-state index contributed by atoms with van der Waals surface area (Å²) in [6.07, 6.45) is 2.22. The second-order valence-corrected chi connectivity index (χ2v) is 4.36. The molecule has 1 heterocycles. The third kappa shape index (κ3) is 1.70. The van der Waals surface area contributed by atoms with Crippen LogP contribution in [0.15, 0.2) is 0 Å². The summed E-state index contributed by atoms with van der Waals surface area (Å²) in [5.74, 6) is 1.93. The van der Waals surface area contributed by atoms with Gasteiger partial charge in [-0.05, 0) is 24.7 Å². The van der Waals surface area contributed by atoms with E-state index in [2.05, 4.69) is 19.2 Å². The summed E-state index contributed by atoms with van der Waals surface area (Å²) in [5, 5.41) is 3.23. The first-order chi connectivity index (χ1) is 6.22. The maximum atomic E-state index is 11.7. The van der Waals surface area contributed by atoms with Crippen LogP contribution in [0.2, 0.25) is 0 Å². The predicted octanol–water partition coefficient (Wildman–Crippen LogP) is 0.810. The highest BCUT2D eigenvalue weighted by Gasteiger charge is 2.38. The molecule has 0 radical (unpaired) electrons. The Morgan fingerprint density at radius 2 is 2.31 bits per heavy atom. The van der Waals surface area contributed by atoms with Crippen LogP contribution in [0.25, 0.3) is 0 Å². The molecule has 3 unspecified atom stereocenters. The third-order valence-corrected chi connectivity index (χ3v) is 3.28. The Morgan fingerprint density at radius 3 is 2.77 bits per heavy atom. The Kier molecular flexibility index (Phi) is 2.28. The molecule has 13 heavy (non-hydrogen) atoms. The number of rotatable bonds is 3. The number of nitrogens with one attached hydrogen (secondary N) is 1. The van der Waals surface area contributed by atoms with Gasteiger partial charge in [-0.25, -0.2) is 0 Å². The monoisotopic (exact) mass is 182 g/mol. The minimum atomic E-state index is 0.0917. The molecule has 1 saturated carbocycles. The van der Waals surface area contributed by atoms with E-state index >= 15 is 0 Å². The van der Waals surface area contributed by atoms with Crippen molar-refractivity contribution in [3.05, 3.63) is 0 Å². The number of amides is 1. The van der Waals surface area contributed by atoms with E-state index in [1.54, 1.807) is 0 Å². The van der Waals surface area contributed by atoms with E-state index in [0.717, 1.165) is 31.5 Å². The summed E-state index contributed by atoms with van der Waals surface area (Å²) in [5.41, 5.74) is 0. The van der Waals surface area contributed by atoms with Crippen LogP contribution in [0.4, 0.5) is 0 Å². The molecule has 0 aromatic rings. The van der Waals surface area contributed by atoms with Crippen molar-refractivity contribution in [2.75, 3.05) is 13.2 Å². The highest BCUT2D eigenvalue weighted by molar-refractivity contribution is 5.83. The first-order valence-electron chi connectivity index (χ1n) is 5.24. The molecular weight excluding hydrogens is 164 g/mol. The molecule has 0 aromatic heterocycles. The van der Waals surface area contributed by atoms with Crippen LogP contribution in [-0.4, -0.2) is 30.1 Å². The summed E-state index contributed by atoms with van der Waals surface area (Å²) in [6.45, 7) is 6.05. The van der Waals surface area contributed by atoms with Crippen LogP contribution in [0, 0.1) is 11.8 Å². The van der Waals surface area contributed by atoms with Gasteiger partial charge in [0, 0.05) is 6.54 Å². The first-order valence-corrected chi connectivity index (χ1v) is 5.24. The van der Waals surface area contributed by atoms with Crippen LogP contribution in [0.1, 0.15) is 26.7 Å². The van der Waals surface area contributed by atoms with E-state index < -0.39 is 0 Å². The van der Waals surface area contributed by atoms with Crippen molar-refractivity contribution in [3.63, 3.8) is 0 Å². The van der Waals surface area contributed by atoms with Gasteiger partial charge in [-0.2, -0.15) is 0 Å². The van der Waals surface area contributed by atoms with E-state index in [1.165, 1.54) is 6.42 Å². The van der Waals surface area contributed by atoms with Crippen LogP contribution < -0.4 is 5.32 Å². The van der Waals surface area contributed by atoms with Crippen molar-refractivity contribution >= 4 is 5.91 Å². The Balaban J connectivity index is 1.84. The van der Waals surface area contributed by atoms with Gasteiger partial charge < -0.3 is 4.90 Å². The van der Waals surface area contributed by atoms with Crippen molar-refractivity contribution < 1.29 is 4.79 Å². The van der Waals surface area contributed by atoms with E-state index in [4.69, 9.17) is 0 Å². The van der Waals surface area contributed by atoms with E-state index in [9.17, 15) is 4.79 Å². The van der Waals surface area contributed by atoms with Crippen LogP contribution in [-0.2, 0) is 4.79 Å². The van der Waals surface area contributed by atoms with Gasteiger partial charge >= 0.3 is 0 Å². The van der Waals surface area contributed by atoms with Gasteiger partial charge in [0.15, 0.2) is 0 Å². The van der Waals surface area contributed by atoms with Crippen LogP contribution in [0.5, 0.6) is 0 Å². The zero-order chi connectivity index (χ0) is 9.42. The Labute approximate surface area is 79.5 Å². The molecule has 0 aromatic carbocycles. The number of carbonyl (C=O) groups excluding carboxylic acids is 1. The number of nitrogens with zero attached hydrogens (tertiary/aromatic N) is 1. The molecule has 1 amide bonds. The van der Waals surface area contributed by atoms with Gasteiger partial charge in [-0.1, -0.05) is 13.8 Å². The van der Waals surface area contributed by atoms with Gasteiger partial charge in [-0.3, -0.25) is 10.1 Å². The minimum Gasteiger partial charge on any atom is -0.328 e. The highest BCUT2D eigenvalue weighted by Crippen LogP contribution is 2.38. The second-order valence-electron chi connectivity index (χ2n) is 4.36. The normalized spacial score (nSPS) is 38.5. The fourth-order valence-corrected chi connectivity index (χ4v) is 2.02. The average molecular weight is 182 g/mol. The molecule has 3 nitrogen and oxygen atoms in total. The van der Waals surface area contributed by atoms with Crippen molar-refractivity contribution in [1.29, 1.82) is 0 Å². The van der Waals surface area contributed by atoms with Crippen LogP contribution in [0.3, 0.4) is 0 Å². The zero-order valence-corrected chi connectivity index (χ0v) is 8.42. The zero-order valence-electron chi connectivity index (χ0n) is 8.42. The van der Waals surface area contributed by atoms with E-state index in [-0.39, 0.29) is 6.04 Å². The molecular formula is C10H18N2O. The molecule has 1 saturated heterocycles. The molecule has 0 bridgehead atoms. The fraction of sp³-hybridized carbons (Fsp3) is 0.900. The standard InChI is InChI=1S/C10H18N2O/c1-3-9-10(13)12(6-11-9)5-8-4-7(8)2/h7-9,11H,3-6H2,1-2H3. The van der Waals surface area contributed by atoms with E-state index in [1.807, 2.05) is 4.90 Å². The second kappa shape index (κ2) is 3.29. The molecule has 3 atom stereocenters. The minimum absolute atomic E-state index is 0.0917. The Bertz CT molecular complexity index is 217. The Morgan fingerprint density at radius 1 is 1.62 bits per heavy atom. The summed E-state index contributed by atoms with van der Waals surface area (Å²) in [6, 6.07) is 0.0917. The van der Waals surface area contributed by atoms with Crippen molar-refractivity contribution in [3.8, 4) is 0 Å². The number of hydrogen-bond donors (Lipinski definition) is 1. The lowest BCUT2D eigenvalue weighted by Crippen LogP contribution is -2.31. The Hall–Kier alpha value is -0.570. The molecule has 1 N–H and O–H groups in total. The fourth-order valence-electron chi connectivity index (χ4n) is 2.02. The van der Waals surface area contributed by atoms with Gasteiger partial charge in [0.05, 0.1) is 12.7 Å². The van der Waals surface area contributed by atoms with Crippen molar-refractivity contribution in [2.45, 2.75) is 32.7 Å². The van der Waals surface area contributed by atoms with Crippen LogP contribution >= 0.6 is 0 Å². The lowest BCUT2D eigenvalue weighted by Gasteiger charge is -2.14. The molecule has 0 spiro atoms. The SMILES string of the molecule is CCC1NCN(CC2CC2C)C1=O. The summed E-state index contributed by atoms with van der Waals surface area (Å²) < 4.78 is 0. The average Bonchev–Trinajstić information content (AvgIpc) is 2.68. The maximum absolute atomic E-state index is 11.7. The molecule has 74 valence electrons. The molecule has 2 fully saturated rings. The number of hydrogen-bond acceptors (Lipinski definition) is 2. The summed E-state index contributed by atoms with van der Waals surface area (Å²) >= 11 is 0. The number of carbonyl (C=O) groups is 1. The van der Waals surface area contributed by atoms with Crippen molar-refractivity contribution in [1.82, 2.24) is 10.2 Å². The topological polar surface area (TPSA) is 32.3 Å². The lowest BCUT2D eigenvalue weighted by atomic mass is 10.2. The first kappa shape index (κ1) is 9.00. The maximum Gasteiger partial charge on any atom is 0.240 e. The summed E-state index contributed by atoms with van der Waals surface area (Å²) in [7, 11) is 0. The highest BCUT2D eigenvalue weighted by atomic mass is 16.2. The quantitative estimate of drug-likeness (QED) is 0.700. The predicted molar refractivity (Wildman–Crippen MR) is 51.1 cm³/mol. The largest absolute Gasteiger partial charge is 0.328 e. The molecule has 1 aliphatic carbocycles. The van der Waals surface area contributed by atoms with Gasteiger partial charge in [-0.15, -0.1) is 0 Å². The molecule has 2 rings (SSSR count). The van der Waals surface area contributed by atoms with Crippen molar-refractivity contribution in [2.24, 2.45) is 11.8 Å². The third-order valence-electron chi connectivity index (χ3n) is 3.28. The summed E-state index contributed by atoms with van der Waals surface area (Å²) in [4.78, 5) is 13.6. The lowest BCUT2D eigenvalue weighted by molar-refractivity contribution is -0.129. The van der Waals surface area contributed by atoms with Gasteiger partial charge in [0.1, 0.15) is 0 Å². The smallest absolute Gasteiger partial charge is 0.240 e. The van der Waals surface area contributed by atoms with Gasteiger partial charge in [0.2, 0.25) is 5.91 Å². The molecule has 3 heteroatoms. The van der Waals surface area contributed by atoms with E-state index in [0.29, 0.717) is 5.91 Å².